The average molecular weight is 329 g/mol. The summed E-state index contributed by atoms with van der Waals surface area (Å²) in [4.78, 5) is 4.43. The summed E-state index contributed by atoms with van der Waals surface area (Å²) in [5.41, 5.74) is 2.82. The van der Waals surface area contributed by atoms with Crippen LogP contribution in [0.15, 0.2) is 48.7 Å². The second-order valence-corrected chi connectivity index (χ2v) is 5.43. The van der Waals surface area contributed by atoms with Gasteiger partial charge in [0.2, 0.25) is 0 Å². The minimum absolute atomic E-state index is 0.612. The van der Waals surface area contributed by atoms with E-state index in [1.807, 2.05) is 36.4 Å². The Hall–Kier alpha value is -2.46. The van der Waals surface area contributed by atoms with Crippen LogP contribution in [0.1, 0.15) is 5.56 Å². The number of rotatable bonds is 5. The number of nitrogens with one attached hydrogen (secondary N) is 1. The standard InChI is InChI=1S/C18H17ClN2O2/c1-22-13-7-6-12(17(10-13)23-2)11-21-16-5-3-4-14-15(19)8-9-20-18(14)16/h3-10,21H,11H2,1-2H3. The van der Waals surface area contributed by atoms with Crippen molar-refractivity contribution < 1.29 is 9.47 Å². The first-order valence-electron chi connectivity index (χ1n) is 7.21. The maximum atomic E-state index is 6.23. The van der Waals surface area contributed by atoms with Crippen molar-refractivity contribution in [1.82, 2.24) is 4.98 Å². The van der Waals surface area contributed by atoms with Crippen molar-refractivity contribution in [3.63, 3.8) is 0 Å². The molecule has 0 atom stereocenters. The molecule has 1 heterocycles. The van der Waals surface area contributed by atoms with Gasteiger partial charge in [-0.3, -0.25) is 4.98 Å². The van der Waals surface area contributed by atoms with Crippen LogP contribution in [0.2, 0.25) is 5.02 Å². The molecule has 2 aromatic carbocycles. The van der Waals surface area contributed by atoms with Gasteiger partial charge >= 0.3 is 0 Å². The van der Waals surface area contributed by atoms with Crippen LogP contribution in [-0.4, -0.2) is 19.2 Å². The first kappa shape index (κ1) is 15.4. The SMILES string of the molecule is COc1ccc(CNc2cccc3c(Cl)ccnc23)c(OC)c1. The fraction of sp³-hybridized carbons (Fsp3) is 0.167. The van der Waals surface area contributed by atoms with E-state index in [0.29, 0.717) is 11.6 Å². The number of pyridine rings is 1. The number of ether oxygens (including phenoxy) is 2. The fourth-order valence-corrected chi connectivity index (χ4v) is 2.68. The molecule has 3 rings (SSSR count). The van der Waals surface area contributed by atoms with E-state index >= 15 is 0 Å². The summed E-state index contributed by atoms with van der Waals surface area (Å²) in [6.45, 7) is 0.612. The summed E-state index contributed by atoms with van der Waals surface area (Å²) in [5.74, 6) is 1.55. The minimum atomic E-state index is 0.612. The summed E-state index contributed by atoms with van der Waals surface area (Å²) in [5, 5.41) is 5.03. The van der Waals surface area contributed by atoms with Gasteiger partial charge in [0.05, 0.1) is 30.4 Å². The number of methoxy groups -OCH3 is 2. The van der Waals surface area contributed by atoms with Gasteiger partial charge in [-0.15, -0.1) is 0 Å². The summed E-state index contributed by atoms with van der Waals surface area (Å²) in [6, 6.07) is 13.5. The summed E-state index contributed by atoms with van der Waals surface area (Å²) in [6.07, 6.45) is 1.71. The third-order valence-electron chi connectivity index (χ3n) is 3.68. The molecule has 0 saturated carbocycles. The van der Waals surface area contributed by atoms with E-state index in [1.54, 1.807) is 26.5 Å². The molecular formula is C18H17ClN2O2. The summed E-state index contributed by atoms with van der Waals surface area (Å²) in [7, 11) is 3.29. The summed E-state index contributed by atoms with van der Waals surface area (Å²) < 4.78 is 10.6. The monoisotopic (exact) mass is 328 g/mol. The minimum Gasteiger partial charge on any atom is -0.497 e. The molecule has 4 nitrogen and oxygen atoms in total. The molecule has 0 bridgehead atoms. The van der Waals surface area contributed by atoms with E-state index in [9.17, 15) is 0 Å². The molecule has 0 radical (unpaired) electrons. The molecule has 0 spiro atoms. The molecule has 0 unspecified atom stereocenters. The number of aromatic nitrogens is 1. The zero-order chi connectivity index (χ0) is 16.2. The van der Waals surface area contributed by atoms with Crippen LogP contribution >= 0.6 is 11.6 Å². The number of fused-ring (bicyclic) bond motifs is 1. The number of anilines is 1. The lowest BCUT2D eigenvalue weighted by Gasteiger charge is -2.13. The topological polar surface area (TPSA) is 43.4 Å². The zero-order valence-corrected chi connectivity index (χ0v) is 13.7. The first-order chi connectivity index (χ1) is 11.2. The predicted molar refractivity (Wildman–Crippen MR) is 93.6 cm³/mol. The lowest BCUT2D eigenvalue weighted by Crippen LogP contribution is -2.03. The Bertz CT molecular complexity index is 836. The van der Waals surface area contributed by atoms with Crippen LogP contribution in [0.4, 0.5) is 5.69 Å². The first-order valence-corrected chi connectivity index (χ1v) is 7.58. The van der Waals surface area contributed by atoms with E-state index in [4.69, 9.17) is 21.1 Å². The number of para-hydroxylation sites is 1. The average Bonchev–Trinajstić information content (AvgIpc) is 2.60. The molecule has 5 heteroatoms. The Balaban J connectivity index is 1.88. The van der Waals surface area contributed by atoms with Crippen LogP contribution in [0.3, 0.4) is 0 Å². The molecular weight excluding hydrogens is 312 g/mol. The Morgan fingerprint density at radius 1 is 1.09 bits per heavy atom. The van der Waals surface area contributed by atoms with Crippen LogP contribution in [0.5, 0.6) is 11.5 Å². The maximum Gasteiger partial charge on any atom is 0.127 e. The highest BCUT2D eigenvalue weighted by atomic mass is 35.5. The molecule has 3 aromatic rings. The van der Waals surface area contributed by atoms with Crippen LogP contribution < -0.4 is 14.8 Å². The molecule has 1 aromatic heterocycles. The van der Waals surface area contributed by atoms with Crippen molar-refractivity contribution in [3.8, 4) is 11.5 Å². The van der Waals surface area contributed by atoms with Crippen molar-refractivity contribution in [2.75, 3.05) is 19.5 Å². The predicted octanol–water partition coefficient (Wildman–Crippen LogP) is 4.52. The smallest absolute Gasteiger partial charge is 0.127 e. The molecule has 0 aliphatic heterocycles. The molecule has 23 heavy (non-hydrogen) atoms. The Morgan fingerprint density at radius 3 is 2.74 bits per heavy atom. The van der Waals surface area contributed by atoms with Gasteiger partial charge in [0, 0.05) is 29.8 Å². The highest BCUT2D eigenvalue weighted by Gasteiger charge is 2.08. The molecule has 1 N–H and O–H groups in total. The van der Waals surface area contributed by atoms with Crippen molar-refractivity contribution in [2.45, 2.75) is 6.54 Å². The normalized spacial score (nSPS) is 10.6. The van der Waals surface area contributed by atoms with Gasteiger partial charge in [0.1, 0.15) is 11.5 Å². The lowest BCUT2D eigenvalue weighted by atomic mass is 10.1. The van der Waals surface area contributed by atoms with Crippen LogP contribution in [0.25, 0.3) is 10.9 Å². The molecule has 0 amide bonds. The molecule has 118 valence electrons. The highest BCUT2D eigenvalue weighted by molar-refractivity contribution is 6.35. The van der Waals surface area contributed by atoms with E-state index in [0.717, 1.165) is 33.7 Å². The second-order valence-electron chi connectivity index (χ2n) is 5.03. The highest BCUT2D eigenvalue weighted by Crippen LogP contribution is 2.29. The Kier molecular flexibility index (Phi) is 4.53. The van der Waals surface area contributed by atoms with Gasteiger partial charge in [0.25, 0.3) is 0 Å². The van der Waals surface area contributed by atoms with Gasteiger partial charge in [-0.25, -0.2) is 0 Å². The van der Waals surface area contributed by atoms with E-state index < -0.39 is 0 Å². The zero-order valence-electron chi connectivity index (χ0n) is 13.0. The third-order valence-corrected chi connectivity index (χ3v) is 4.01. The van der Waals surface area contributed by atoms with Crippen molar-refractivity contribution >= 4 is 28.2 Å². The van der Waals surface area contributed by atoms with Gasteiger partial charge in [0.15, 0.2) is 0 Å². The molecule has 0 saturated heterocycles. The Morgan fingerprint density at radius 2 is 1.96 bits per heavy atom. The van der Waals surface area contributed by atoms with Crippen LogP contribution in [-0.2, 0) is 6.54 Å². The quantitative estimate of drug-likeness (QED) is 0.748. The van der Waals surface area contributed by atoms with E-state index in [1.165, 1.54) is 0 Å². The van der Waals surface area contributed by atoms with E-state index in [-0.39, 0.29) is 0 Å². The maximum absolute atomic E-state index is 6.23. The number of nitrogens with zero attached hydrogens (tertiary/aromatic N) is 1. The third kappa shape index (κ3) is 3.17. The molecule has 0 aliphatic carbocycles. The van der Waals surface area contributed by atoms with Gasteiger partial charge < -0.3 is 14.8 Å². The van der Waals surface area contributed by atoms with Crippen molar-refractivity contribution in [1.29, 1.82) is 0 Å². The van der Waals surface area contributed by atoms with Crippen LogP contribution in [0, 0.1) is 0 Å². The van der Waals surface area contributed by atoms with Gasteiger partial charge in [-0.05, 0) is 24.3 Å². The van der Waals surface area contributed by atoms with E-state index in [2.05, 4.69) is 10.3 Å². The second kappa shape index (κ2) is 6.75. The Labute approximate surface area is 140 Å². The number of benzene rings is 2. The number of hydrogen-bond donors (Lipinski definition) is 1. The van der Waals surface area contributed by atoms with Crippen molar-refractivity contribution in [2.24, 2.45) is 0 Å². The summed E-state index contributed by atoms with van der Waals surface area (Å²) >= 11 is 6.23. The fourth-order valence-electron chi connectivity index (χ4n) is 2.47. The molecule has 0 fully saturated rings. The number of halogens is 1. The van der Waals surface area contributed by atoms with Gasteiger partial charge in [-0.1, -0.05) is 23.7 Å². The van der Waals surface area contributed by atoms with Gasteiger partial charge in [-0.2, -0.15) is 0 Å². The largest absolute Gasteiger partial charge is 0.497 e. The lowest BCUT2D eigenvalue weighted by molar-refractivity contribution is 0.391. The molecule has 0 aliphatic rings. The van der Waals surface area contributed by atoms with Crippen molar-refractivity contribution in [3.05, 3.63) is 59.2 Å². The number of hydrogen-bond acceptors (Lipinski definition) is 4.